The summed E-state index contributed by atoms with van der Waals surface area (Å²) in [4.78, 5) is 10.4. The quantitative estimate of drug-likeness (QED) is 0.780. The number of methoxy groups -OCH3 is 1. The van der Waals surface area contributed by atoms with Crippen molar-refractivity contribution in [3.05, 3.63) is 29.4 Å². The van der Waals surface area contributed by atoms with Gasteiger partial charge in [-0.3, -0.25) is 0 Å². The summed E-state index contributed by atoms with van der Waals surface area (Å²) in [5.74, 6) is 1.25. The number of nitrogens with zero attached hydrogens (tertiary/aromatic N) is 3. The Balaban J connectivity index is 1.80. The van der Waals surface area contributed by atoms with Gasteiger partial charge in [-0.05, 0) is 25.0 Å². The minimum atomic E-state index is -0.198. The SMILES string of the molecule is COc1cc(N2CCC(O)CC2)ccc1Nc1ncc(Cl)c(N)n1. The summed E-state index contributed by atoms with van der Waals surface area (Å²) in [5.41, 5.74) is 7.49. The van der Waals surface area contributed by atoms with Crippen LogP contribution < -0.4 is 20.7 Å². The second-order valence-corrected chi connectivity index (χ2v) is 6.06. The standard InChI is InChI=1S/C16H20ClN5O2/c1-24-14-8-10(22-6-4-11(23)5-7-22)2-3-13(14)20-16-19-9-12(17)15(18)21-16/h2-3,8-9,11,23H,4-7H2,1H3,(H3,18,19,20,21). The van der Waals surface area contributed by atoms with Gasteiger partial charge in [0.25, 0.3) is 0 Å². The minimum Gasteiger partial charge on any atom is -0.494 e. The molecule has 1 saturated heterocycles. The van der Waals surface area contributed by atoms with Crippen LogP contribution in [0.4, 0.5) is 23.1 Å². The summed E-state index contributed by atoms with van der Waals surface area (Å²) in [7, 11) is 1.61. The van der Waals surface area contributed by atoms with Crippen LogP contribution in [0.25, 0.3) is 0 Å². The van der Waals surface area contributed by atoms with E-state index in [-0.39, 0.29) is 11.9 Å². The lowest BCUT2D eigenvalue weighted by Gasteiger charge is -2.31. The van der Waals surface area contributed by atoms with E-state index in [1.165, 1.54) is 6.20 Å². The number of anilines is 4. The number of aliphatic hydroxyl groups excluding tert-OH is 1. The highest BCUT2D eigenvalue weighted by Gasteiger charge is 2.18. The second kappa shape index (κ2) is 7.11. The van der Waals surface area contributed by atoms with Crippen molar-refractivity contribution in [2.24, 2.45) is 0 Å². The zero-order valence-corrected chi connectivity index (χ0v) is 14.1. The minimum absolute atomic E-state index is 0.198. The summed E-state index contributed by atoms with van der Waals surface area (Å²) >= 11 is 5.83. The van der Waals surface area contributed by atoms with Gasteiger partial charge in [-0.2, -0.15) is 4.98 Å². The highest BCUT2D eigenvalue weighted by atomic mass is 35.5. The Hall–Kier alpha value is -2.25. The highest BCUT2D eigenvalue weighted by Crippen LogP contribution is 2.32. The maximum atomic E-state index is 9.63. The zero-order valence-electron chi connectivity index (χ0n) is 13.4. The van der Waals surface area contributed by atoms with Crippen molar-refractivity contribution in [2.75, 3.05) is 36.1 Å². The zero-order chi connectivity index (χ0) is 17.1. The topological polar surface area (TPSA) is 96.5 Å². The molecule has 8 heteroatoms. The van der Waals surface area contributed by atoms with Crippen LogP contribution in [0.3, 0.4) is 0 Å². The molecule has 3 rings (SSSR count). The van der Waals surface area contributed by atoms with Crippen LogP contribution in [0.1, 0.15) is 12.8 Å². The van der Waals surface area contributed by atoms with Gasteiger partial charge in [-0.1, -0.05) is 11.6 Å². The summed E-state index contributed by atoms with van der Waals surface area (Å²) < 4.78 is 5.47. The van der Waals surface area contributed by atoms with E-state index < -0.39 is 0 Å². The van der Waals surface area contributed by atoms with E-state index in [1.54, 1.807) is 7.11 Å². The van der Waals surface area contributed by atoms with Crippen molar-refractivity contribution < 1.29 is 9.84 Å². The van der Waals surface area contributed by atoms with Gasteiger partial charge < -0.3 is 25.8 Å². The van der Waals surface area contributed by atoms with Gasteiger partial charge in [0.05, 0.1) is 25.1 Å². The third-order valence-corrected chi connectivity index (χ3v) is 4.32. The number of halogens is 1. The number of nitrogens with two attached hydrogens (primary N) is 1. The number of piperidine rings is 1. The number of aromatic nitrogens is 2. The molecule has 0 spiro atoms. The maximum absolute atomic E-state index is 9.63. The Bertz CT molecular complexity index is 720. The van der Waals surface area contributed by atoms with Crippen molar-refractivity contribution in [1.29, 1.82) is 0 Å². The lowest BCUT2D eigenvalue weighted by molar-refractivity contribution is 0.145. The van der Waals surface area contributed by atoms with Gasteiger partial charge in [-0.25, -0.2) is 4.98 Å². The molecule has 2 heterocycles. The average Bonchev–Trinajstić information content (AvgIpc) is 2.59. The van der Waals surface area contributed by atoms with Gasteiger partial charge >= 0.3 is 0 Å². The van der Waals surface area contributed by atoms with Gasteiger partial charge in [0, 0.05) is 24.8 Å². The summed E-state index contributed by atoms with van der Waals surface area (Å²) in [6, 6.07) is 5.87. The van der Waals surface area contributed by atoms with E-state index in [2.05, 4.69) is 20.2 Å². The van der Waals surface area contributed by atoms with Gasteiger partial charge in [0.2, 0.25) is 5.95 Å². The molecule has 2 aromatic rings. The number of nitrogens with one attached hydrogen (secondary N) is 1. The molecule has 0 radical (unpaired) electrons. The molecule has 1 aliphatic heterocycles. The predicted molar refractivity (Wildman–Crippen MR) is 95.2 cm³/mol. The lowest BCUT2D eigenvalue weighted by atomic mass is 10.1. The van der Waals surface area contributed by atoms with E-state index in [1.807, 2.05) is 18.2 Å². The molecule has 0 saturated carbocycles. The first-order valence-corrected chi connectivity index (χ1v) is 8.10. The number of hydrogen-bond donors (Lipinski definition) is 3. The number of nitrogen functional groups attached to an aromatic ring is 1. The monoisotopic (exact) mass is 349 g/mol. The first-order valence-electron chi connectivity index (χ1n) is 7.73. The predicted octanol–water partition coefficient (Wildman–Crippen LogP) is 2.43. The molecule has 0 unspecified atom stereocenters. The first-order chi connectivity index (χ1) is 11.6. The Morgan fingerprint density at radius 3 is 2.79 bits per heavy atom. The smallest absolute Gasteiger partial charge is 0.229 e. The molecule has 1 aliphatic rings. The molecule has 7 nitrogen and oxygen atoms in total. The van der Waals surface area contributed by atoms with Crippen molar-refractivity contribution in [3.63, 3.8) is 0 Å². The molecule has 1 aromatic carbocycles. The highest BCUT2D eigenvalue weighted by molar-refractivity contribution is 6.32. The van der Waals surface area contributed by atoms with Crippen LogP contribution in [-0.2, 0) is 0 Å². The fourth-order valence-electron chi connectivity index (χ4n) is 2.66. The fraction of sp³-hybridized carbons (Fsp3) is 0.375. The molecular formula is C16H20ClN5O2. The van der Waals surface area contributed by atoms with E-state index in [4.69, 9.17) is 22.1 Å². The fourth-order valence-corrected chi connectivity index (χ4v) is 2.76. The van der Waals surface area contributed by atoms with Crippen LogP contribution >= 0.6 is 11.6 Å². The molecule has 0 amide bonds. The van der Waals surface area contributed by atoms with Crippen LogP contribution in [0.5, 0.6) is 5.75 Å². The van der Waals surface area contributed by atoms with E-state index in [9.17, 15) is 5.11 Å². The van der Waals surface area contributed by atoms with Crippen LogP contribution in [0, 0.1) is 0 Å². The molecular weight excluding hydrogens is 330 g/mol. The molecule has 0 bridgehead atoms. The Morgan fingerprint density at radius 2 is 2.12 bits per heavy atom. The average molecular weight is 350 g/mol. The third-order valence-electron chi connectivity index (χ3n) is 4.03. The number of hydrogen-bond acceptors (Lipinski definition) is 7. The largest absolute Gasteiger partial charge is 0.494 e. The summed E-state index contributed by atoms with van der Waals surface area (Å²) in [5, 5.41) is 13.0. The number of rotatable bonds is 4. The lowest BCUT2D eigenvalue weighted by Crippen LogP contribution is -2.35. The van der Waals surface area contributed by atoms with Gasteiger partial charge in [-0.15, -0.1) is 0 Å². The third kappa shape index (κ3) is 3.63. The molecule has 128 valence electrons. The number of benzene rings is 1. The Kier molecular flexibility index (Phi) is 4.92. The maximum Gasteiger partial charge on any atom is 0.229 e. The van der Waals surface area contributed by atoms with Crippen LogP contribution in [0.15, 0.2) is 24.4 Å². The molecule has 24 heavy (non-hydrogen) atoms. The molecule has 1 fully saturated rings. The number of ether oxygens (including phenoxy) is 1. The summed E-state index contributed by atoms with van der Waals surface area (Å²) in [6.07, 6.45) is 2.81. The van der Waals surface area contributed by atoms with Crippen molar-refractivity contribution in [2.45, 2.75) is 18.9 Å². The molecule has 0 aliphatic carbocycles. The van der Waals surface area contributed by atoms with E-state index in [0.717, 1.165) is 37.3 Å². The summed E-state index contributed by atoms with van der Waals surface area (Å²) in [6.45, 7) is 1.65. The van der Waals surface area contributed by atoms with Gasteiger partial charge in [0.1, 0.15) is 16.6 Å². The molecule has 4 N–H and O–H groups in total. The van der Waals surface area contributed by atoms with Crippen molar-refractivity contribution in [1.82, 2.24) is 9.97 Å². The van der Waals surface area contributed by atoms with Crippen LogP contribution in [-0.4, -0.2) is 41.4 Å². The number of aliphatic hydroxyl groups is 1. The van der Waals surface area contributed by atoms with Crippen molar-refractivity contribution in [3.8, 4) is 5.75 Å². The molecule has 0 atom stereocenters. The normalized spacial score (nSPS) is 15.4. The molecule has 1 aromatic heterocycles. The Morgan fingerprint density at radius 1 is 1.38 bits per heavy atom. The second-order valence-electron chi connectivity index (χ2n) is 5.65. The Labute approximate surface area is 145 Å². The van der Waals surface area contributed by atoms with Crippen LogP contribution in [0.2, 0.25) is 5.02 Å². The van der Waals surface area contributed by atoms with E-state index >= 15 is 0 Å². The van der Waals surface area contributed by atoms with Gasteiger partial charge in [0.15, 0.2) is 0 Å². The van der Waals surface area contributed by atoms with E-state index in [0.29, 0.717) is 16.7 Å². The van der Waals surface area contributed by atoms with Crippen molar-refractivity contribution >= 4 is 34.7 Å². The first kappa shape index (κ1) is 16.6.